The maximum absolute atomic E-state index is 10.8. The number of hydrogen-bond acceptors (Lipinski definition) is 3. The van der Waals surface area contributed by atoms with Crippen LogP contribution < -0.4 is 9.47 Å². The van der Waals surface area contributed by atoms with Gasteiger partial charge in [-0.15, -0.1) is 6.42 Å². The fraction of sp³-hybridized carbons (Fsp3) is 0.222. The molecule has 0 aliphatic heterocycles. The van der Waals surface area contributed by atoms with E-state index >= 15 is 0 Å². The zero-order valence-electron chi connectivity index (χ0n) is 12.2. The minimum absolute atomic E-state index is 0.594. The molecule has 21 heavy (non-hydrogen) atoms. The van der Waals surface area contributed by atoms with E-state index in [0.717, 1.165) is 5.75 Å². The SMILES string of the molecule is C#CC(O)(c1ccc(OC)cc1)c1ccc(OCC)cc1. The van der Waals surface area contributed by atoms with Gasteiger partial charge in [-0.25, -0.2) is 0 Å². The van der Waals surface area contributed by atoms with Crippen molar-refractivity contribution in [1.29, 1.82) is 0 Å². The Morgan fingerprint density at radius 2 is 1.48 bits per heavy atom. The highest BCUT2D eigenvalue weighted by atomic mass is 16.5. The summed E-state index contributed by atoms with van der Waals surface area (Å²) in [6.45, 7) is 2.51. The molecule has 0 bridgehead atoms. The average Bonchev–Trinajstić information content (AvgIpc) is 2.55. The first-order valence-electron chi connectivity index (χ1n) is 6.72. The molecule has 1 unspecified atom stereocenters. The van der Waals surface area contributed by atoms with Gasteiger partial charge in [0.2, 0.25) is 0 Å². The molecule has 2 rings (SSSR count). The third-order valence-electron chi connectivity index (χ3n) is 3.30. The number of hydrogen-bond donors (Lipinski definition) is 1. The second-order valence-corrected chi connectivity index (χ2v) is 4.54. The van der Waals surface area contributed by atoms with Crippen molar-refractivity contribution < 1.29 is 14.6 Å². The molecule has 0 heterocycles. The van der Waals surface area contributed by atoms with Crippen molar-refractivity contribution in [2.45, 2.75) is 12.5 Å². The molecule has 0 spiro atoms. The third-order valence-corrected chi connectivity index (χ3v) is 3.30. The fourth-order valence-corrected chi connectivity index (χ4v) is 2.12. The van der Waals surface area contributed by atoms with Crippen LogP contribution in [0.3, 0.4) is 0 Å². The second-order valence-electron chi connectivity index (χ2n) is 4.54. The van der Waals surface area contributed by atoms with Crippen LogP contribution in [0, 0.1) is 12.3 Å². The van der Waals surface area contributed by atoms with Gasteiger partial charge in [-0.2, -0.15) is 0 Å². The molecule has 0 saturated heterocycles. The fourth-order valence-electron chi connectivity index (χ4n) is 2.12. The zero-order valence-corrected chi connectivity index (χ0v) is 12.2. The largest absolute Gasteiger partial charge is 0.497 e. The molecular formula is C18H18O3. The van der Waals surface area contributed by atoms with Crippen LogP contribution in [0.15, 0.2) is 48.5 Å². The van der Waals surface area contributed by atoms with Crippen LogP contribution in [-0.2, 0) is 5.60 Å². The van der Waals surface area contributed by atoms with Crippen LogP contribution in [0.25, 0.3) is 0 Å². The van der Waals surface area contributed by atoms with Gasteiger partial charge in [0.1, 0.15) is 11.5 Å². The van der Waals surface area contributed by atoms with Gasteiger partial charge in [0.15, 0.2) is 5.60 Å². The van der Waals surface area contributed by atoms with Crippen LogP contribution in [0.4, 0.5) is 0 Å². The van der Waals surface area contributed by atoms with Crippen molar-refractivity contribution in [2.24, 2.45) is 0 Å². The Kier molecular flexibility index (Phi) is 4.52. The van der Waals surface area contributed by atoms with E-state index in [1.165, 1.54) is 0 Å². The van der Waals surface area contributed by atoms with E-state index in [4.69, 9.17) is 15.9 Å². The number of terminal acetylenes is 1. The lowest BCUT2D eigenvalue weighted by molar-refractivity contribution is 0.145. The van der Waals surface area contributed by atoms with Gasteiger partial charge < -0.3 is 14.6 Å². The van der Waals surface area contributed by atoms with E-state index in [1.807, 2.05) is 6.92 Å². The Morgan fingerprint density at radius 1 is 1.00 bits per heavy atom. The Bertz CT molecular complexity index is 623. The average molecular weight is 282 g/mol. The van der Waals surface area contributed by atoms with Gasteiger partial charge in [-0.05, 0) is 31.2 Å². The molecule has 0 aromatic heterocycles. The molecule has 0 saturated carbocycles. The van der Waals surface area contributed by atoms with Gasteiger partial charge in [0, 0.05) is 11.1 Å². The van der Waals surface area contributed by atoms with E-state index in [9.17, 15) is 5.11 Å². The van der Waals surface area contributed by atoms with E-state index in [1.54, 1.807) is 55.6 Å². The van der Waals surface area contributed by atoms with Crippen LogP contribution >= 0.6 is 0 Å². The first-order valence-corrected chi connectivity index (χ1v) is 6.72. The summed E-state index contributed by atoms with van der Waals surface area (Å²) in [4.78, 5) is 0. The predicted octanol–water partition coefficient (Wildman–Crippen LogP) is 2.96. The highest BCUT2D eigenvalue weighted by molar-refractivity contribution is 5.46. The quantitative estimate of drug-likeness (QED) is 0.857. The topological polar surface area (TPSA) is 38.7 Å². The monoisotopic (exact) mass is 282 g/mol. The maximum atomic E-state index is 10.8. The van der Waals surface area contributed by atoms with Gasteiger partial charge in [-0.3, -0.25) is 0 Å². The maximum Gasteiger partial charge on any atom is 0.176 e. The number of ether oxygens (including phenoxy) is 2. The minimum Gasteiger partial charge on any atom is -0.497 e. The molecule has 0 amide bonds. The Hall–Kier alpha value is -2.44. The Balaban J connectivity index is 2.37. The van der Waals surface area contributed by atoms with E-state index in [2.05, 4.69) is 5.92 Å². The van der Waals surface area contributed by atoms with Crippen molar-refractivity contribution in [3.8, 4) is 23.8 Å². The minimum atomic E-state index is -1.48. The lowest BCUT2D eigenvalue weighted by atomic mass is 9.87. The van der Waals surface area contributed by atoms with Gasteiger partial charge in [0.05, 0.1) is 13.7 Å². The highest BCUT2D eigenvalue weighted by Crippen LogP contribution is 2.31. The predicted molar refractivity (Wildman–Crippen MR) is 82.4 cm³/mol. The normalized spacial score (nSPS) is 13.0. The molecule has 0 fully saturated rings. The summed E-state index contributed by atoms with van der Waals surface area (Å²) in [6.07, 6.45) is 5.58. The van der Waals surface area contributed by atoms with E-state index in [-0.39, 0.29) is 0 Å². The Morgan fingerprint density at radius 3 is 1.86 bits per heavy atom. The van der Waals surface area contributed by atoms with Gasteiger partial charge in [-0.1, -0.05) is 30.2 Å². The van der Waals surface area contributed by atoms with Crippen molar-refractivity contribution in [3.63, 3.8) is 0 Å². The second kappa shape index (κ2) is 6.34. The lowest BCUT2D eigenvalue weighted by Crippen LogP contribution is -2.24. The molecule has 108 valence electrons. The summed E-state index contributed by atoms with van der Waals surface area (Å²) in [6, 6.07) is 14.2. The molecule has 2 aromatic rings. The van der Waals surface area contributed by atoms with Crippen LogP contribution in [0.5, 0.6) is 11.5 Å². The molecule has 2 aromatic carbocycles. The first kappa shape index (κ1) is 15.0. The smallest absolute Gasteiger partial charge is 0.176 e. The summed E-state index contributed by atoms with van der Waals surface area (Å²) in [5, 5.41) is 10.8. The molecular weight excluding hydrogens is 264 g/mol. The molecule has 3 heteroatoms. The standard InChI is InChI=1S/C18H18O3/c1-4-18(19,14-6-10-16(20-3)11-7-14)15-8-12-17(13-9-15)21-5-2/h1,6-13,19H,5H2,2-3H3. The van der Waals surface area contributed by atoms with Crippen molar-refractivity contribution in [1.82, 2.24) is 0 Å². The molecule has 1 atom stereocenters. The van der Waals surface area contributed by atoms with Crippen molar-refractivity contribution >= 4 is 0 Å². The van der Waals surface area contributed by atoms with Crippen LogP contribution in [0.2, 0.25) is 0 Å². The number of methoxy groups -OCH3 is 1. The molecule has 0 radical (unpaired) electrons. The number of aliphatic hydroxyl groups is 1. The number of benzene rings is 2. The molecule has 0 aliphatic carbocycles. The summed E-state index contributed by atoms with van der Waals surface area (Å²) < 4.78 is 10.5. The van der Waals surface area contributed by atoms with Gasteiger partial charge in [0.25, 0.3) is 0 Å². The van der Waals surface area contributed by atoms with Crippen molar-refractivity contribution in [2.75, 3.05) is 13.7 Å². The van der Waals surface area contributed by atoms with E-state index < -0.39 is 5.60 Å². The molecule has 1 N–H and O–H groups in total. The summed E-state index contributed by atoms with van der Waals surface area (Å²) in [7, 11) is 1.59. The van der Waals surface area contributed by atoms with Crippen LogP contribution in [-0.4, -0.2) is 18.8 Å². The summed E-state index contributed by atoms with van der Waals surface area (Å²) in [5.74, 6) is 3.93. The van der Waals surface area contributed by atoms with Gasteiger partial charge >= 0.3 is 0 Å². The summed E-state index contributed by atoms with van der Waals surface area (Å²) >= 11 is 0. The third kappa shape index (κ3) is 3.01. The summed E-state index contributed by atoms with van der Waals surface area (Å²) in [5.41, 5.74) is -0.231. The zero-order chi connectivity index (χ0) is 15.3. The Labute approximate surface area is 125 Å². The first-order chi connectivity index (χ1) is 10.1. The molecule has 3 nitrogen and oxygen atoms in total. The lowest BCUT2D eigenvalue weighted by Gasteiger charge is -2.23. The molecule has 0 aliphatic rings. The van der Waals surface area contributed by atoms with Crippen LogP contribution in [0.1, 0.15) is 18.1 Å². The van der Waals surface area contributed by atoms with E-state index in [0.29, 0.717) is 23.5 Å². The highest BCUT2D eigenvalue weighted by Gasteiger charge is 2.29. The number of rotatable bonds is 5. The van der Waals surface area contributed by atoms with Crippen molar-refractivity contribution in [3.05, 3.63) is 59.7 Å².